The minimum Gasteiger partial charge on any atom is -0.461 e. The number of carbonyl (C=O) groups is 1. The van der Waals surface area contributed by atoms with E-state index in [1.807, 2.05) is 0 Å². The van der Waals surface area contributed by atoms with Gasteiger partial charge in [-0.3, -0.25) is 0 Å². The Morgan fingerprint density at radius 3 is 3.07 bits per heavy atom. The normalized spacial score (nSPS) is 15.7. The number of aromatic amines is 1. The van der Waals surface area contributed by atoms with Gasteiger partial charge in [0.15, 0.2) is 0 Å². The van der Waals surface area contributed by atoms with Crippen LogP contribution in [0, 0.1) is 5.92 Å². The summed E-state index contributed by atoms with van der Waals surface area (Å²) in [6, 6.07) is 3.50. The summed E-state index contributed by atoms with van der Waals surface area (Å²) in [6.45, 7) is 2.66. The molecule has 80 valence electrons. The van der Waals surface area contributed by atoms with Crippen LogP contribution in [0.5, 0.6) is 0 Å². The number of aromatic nitrogens is 1. The molecule has 3 heteroatoms. The maximum Gasteiger partial charge on any atom is 0.354 e. The van der Waals surface area contributed by atoms with Gasteiger partial charge >= 0.3 is 5.97 Å². The van der Waals surface area contributed by atoms with Gasteiger partial charge in [-0.2, -0.15) is 0 Å². The molecule has 1 atom stereocenters. The lowest BCUT2D eigenvalue weighted by Crippen LogP contribution is -2.09. The molecule has 1 aromatic heterocycles. The van der Waals surface area contributed by atoms with Crippen LogP contribution in [0.15, 0.2) is 30.0 Å². The maximum atomic E-state index is 11.4. The number of carbonyl (C=O) groups excluding carboxylic acids is 1. The summed E-state index contributed by atoms with van der Waals surface area (Å²) in [4.78, 5) is 14.2. The third kappa shape index (κ3) is 2.72. The van der Waals surface area contributed by atoms with E-state index < -0.39 is 0 Å². The third-order valence-corrected chi connectivity index (χ3v) is 2.67. The Kier molecular flexibility index (Phi) is 2.90. The fourth-order valence-corrected chi connectivity index (χ4v) is 1.51. The van der Waals surface area contributed by atoms with Gasteiger partial charge in [0.1, 0.15) is 5.69 Å². The van der Waals surface area contributed by atoms with Crippen LogP contribution >= 0.6 is 0 Å². The fourth-order valence-electron chi connectivity index (χ4n) is 1.51. The van der Waals surface area contributed by atoms with Gasteiger partial charge in [-0.05, 0) is 30.9 Å². The standard InChI is InChI=1S/C12H15NO2/c1-9(10-4-5-10)6-8-15-12(14)11-3-2-7-13-11/h2-4,7,9,13H,5-6,8H2,1H3. The molecule has 0 fully saturated rings. The van der Waals surface area contributed by atoms with Crippen molar-refractivity contribution in [2.45, 2.75) is 19.8 Å². The lowest BCUT2D eigenvalue weighted by molar-refractivity contribution is 0.0484. The van der Waals surface area contributed by atoms with Crippen LogP contribution in [0.1, 0.15) is 30.3 Å². The first-order valence-electron chi connectivity index (χ1n) is 5.27. The van der Waals surface area contributed by atoms with E-state index in [1.54, 1.807) is 18.3 Å². The molecule has 1 aliphatic carbocycles. The van der Waals surface area contributed by atoms with E-state index in [0.29, 0.717) is 18.2 Å². The van der Waals surface area contributed by atoms with Crippen molar-refractivity contribution in [2.24, 2.45) is 5.92 Å². The predicted molar refractivity (Wildman–Crippen MR) is 57.6 cm³/mol. The summed E-state index contributed by atoms with van der Waals surface area (Å²) in [5.41, 5.74) is 2.01. The molecule has 1 unspecified atom stereocenters. The van der Waals surface area contributed by atoms with E-state index >= 15 is 0 Å². The van der Waals surface area contributed by atoms with Gasteiger partial charge in [-0.15, -0.1) is 0 Å². The van der Waals surface area contributed by atoms with Crippen LogP contribution in [0.3, 0.4) is 0 Å². The van der Waals surface area contributed by atoms with Crippen LogP contribution in [0.2, 0.25) is 0 Å². The lowest BCUT2D eigenvalue weighted by atomic mass is 10.1. The highest BCUT2D eigenvalue weighted by atomic mass is 16.5. The highest BCUT2D eigenvalue weighted by Gasteiger charge is 2.16. The van der Waals surface area contributed by atoms with Crippen LogP contribution in [-0.2, 0) is 4.74 Å². The third-order valence-electron chi connectivity index (χ3n) is 2.67. The zero-order chi connectivity index (χ0) is 10.7. The smallest absolute Gasteiger partial charge is 0.354 e. The van der Waals surface area contributed by atoms with Crippen molar-refractivity contribution in [1.29, 1.82) is 0 Å². The van der Waals surface area contributed by atoms with E-state index in [9.17, 15) is 4.79 Å². The van der Waals surface area contributed by atoms with Gasteiger partial charge in [0.2, 0.25) is 0 Å². The van der Waals surface area contributed by atoms with Gasteiger partial charge in [0.05, 0.1) is 6.61 Å². The van der Waals surface area contributed by atoms with Crippen molar-refractivity contribution in [2.75, 3.05) is 6.61 Å². The van der Waals surface area contributed by atoms with E-state index in [4.69, 9.17) is 4.74 Å². The quantitative estimate of drug-likeness (QED) is 0.593. The number of hydrogen-bond donors (Lipinski definition) is 1. The molecule has 0 bridgehead atoms. The second-order valence-corrected chi connectivity index (χ2v) is 3.89. The molecule has 0 amide bonds. The van der Waals surface area contributed by atoms with E-state index in [-0.39, 0.29) is 5.97 Å². The number of ether oxygens (including phenoxy) is 1. The number of H-pyrrole nitrogens is 1. The number of rotatable bonds is 5. The highest BCUT2D eigenvalue weighted by molar-refractivity contribution is 5.87. The first-order valence-corrected chi connectivity index (χ1v) is 5.27. The summed E-state index contributed by atoms with van der Waals surface area (Å²) in [5.74, 6) is 0.290. The van der Waals surface area contributed by atoms with Crippen molar-refractivity contribution >= 4 is 5.97 Å². The van der Waals surface area contributed by atoms with Gasteiger partial charge in [0.25, 0.3) is 0 Å². The molecule has 0 aromatic carbocycles. The summed E-state index contributed by atoms with van der Waals surface area (Å²) >= 11 is 0. The number of nitrogens with one attached hydrogen (secondary N) is 1. The average Bonchev–Trinajstić information content (AvgIpc) is 2.93. The Hall–Kier alpha value is -1.51. The summed E-state index contributed by atoms with van der Waals surface area (Å²) in [7, 11) is 0. The van der Waals surface area contributed by atoms with Crippen molar-refractivity contribution in [3.05, 3.63) is 35.7 Å². The molecule has 1 aromatic rings. The number of hydrogen-bond acceptors (Lipinski definition) is 2. The second kappa shape index (κ2) is 4.34. The van der Waals surface area contributed by atoms with Gasteiger partial charge in [0, 0.05) is 6.20 Å². The molecule has 0 radical (unpaired) electrons. The molecule has 0 aliphatic heterocycles. The second-order valence-electron chi connectivity index (χ2n) is 3.89. The van der Waals surface area contributed by atoms with E-state index in [1.165, 1.54) is 5.57 Å². The average molecular weight is 205 g/mol. The van der Waals surface area contributed by atoms with Crippen LogP contribution in [-0.4, -0.2) is 17.6 Å². The molecule has 1 heterocycles. The minimum absolute atomic E-state index is 0.267. The maximum absolute atomic E-state index is 11.4. The molecule has 1 N–H and O–H groups in total. The van der Waals surface area contributed by atoms with Gasteiger partial charge in [-0.25, -0.2) is 4.79 Å². The molecule has 2 rings (SSSR count). The van der Waals surface area contributed by atoms with Crippen LogP contribution in [0.25, 0.3) is 0 Å². The first-order chi connectivity index (χ1) is 7.27. The van der Waals surface area contributed by atoms with Crippen molar-refractivity contribution in [3.63, 3.8) is 0 Å². The zero-order valence-corrected chi connectivity index (χ0v) is 8.82. The predicted octanol–water partition coefficient (Wildman–Crippen LogP) is 2.53. The molecule has 15 heavy (non-hydrogen) atoms. The molecular formula is C12H15NO2. The van der Waals surface area contributed by atoms with E-state index in [2.05, 4.69) is 18.0 Å². The molecule has 0 spiro atoms. The highest BCUT2D eigenvalue weighted by Crippen LogP contribution is 2.29. The Morgan fingerprint density at radius 1 is 1.67 bits per heavy atom. The molecule has 1 aliphatic rings. The first kappa shape index (κ1) is 10.0. The Morgan fingerprint density at radius 2 is 2.47 bits per heavy atom. The Balaban J connectivity index is 1.69. The Bertz CT molecular complexity index is 365. The zero-order valence-electron chi connectivity index (χ0n) is 8.82. The van der Waals surface area contributed by atoms with Crippen LogP contribution < -0.4 is 0 Å². The van der Waals surface area contributed by atoms with E-state index in [0.717, 1.165) is 12.8 Å². The molecule has 0 saturated heterocycles. The molecular weight excluding hydrogens is 190 g/mol. The van der Waals surface area contributed by atoms with Gasteiger partial charge in [-0.1, -0.05) is 18.6 Å². The summed E-state index contributed by atoms with van der Waals surface area (Å²) in [5, 5.41) is 0. The lowest BCUT2D eigenvalue weighted by Gasteiger charge is -2.07. The van der Waals surface area contributed by atoms with Gasteiger partial charge < -0.3 is 9.72 Å². The number of allylic oxidation sites excluding steroid dienone is 2. The fraction of sp³-hybridized carbons (Fsp3) is 0.417. The molecule has 3 nitrogen and oxygen atoms in total. The summed E-state index contributed by atoms with van der Waals surface area (Å²) in [6.07, 6.45) is 6.00. The van der Waals surface area contributed by atoms with Crippen molar-refractivity contribution in [3.8, 4) is 0 Å². The minimum atomic E-state index is -0.267. The monoisotopic (exact) mass is 205 g/mol. The SMILES string of the molecule is CC(CCOC(=O)c1ccc[nH]1)C1=CC1. The van der Waals surface area contributed by atoms with Crippen molar-refractivity contribution in [1.82, 2.24) is 4.98 Å². The van der Waals surface area contributed by atoms with Crippen LogP contribution in [0.4, 0.5) is 0 Å². The Labute approximate surface area is 89.1 Å². The largest absolute Gasteiger partial charge is 0.461 e. The summed E-state index contributed by atoms with van der Waals surface area (Å²) < 4.78 is 5.14. The molecule has 0 saturated carbocycles. The van der Waals surface area contributed by atoms with Crippen molar-refractivity contribution < 1.29 is 9.53 Å². The number of esters is 1. The topological polar surface area (TPSA) is 42.1 Å².